The van der Waals surface area contributed by atoms with Crippen LogP contribution in [0, 0.1) is 6.92 Å². The zero-order valence-electron chi connectivity index (χ0n) is 16.6. The minimum atomic E-state index is -0.705. The van der Waals surface area contributed by atoms with Gasteiger partial charge in [0, 0.05) is 35.8 Å². The molecule has 2 heterocycles. The number of carbonyl (C=O) groups is 3. The quantitative estimate of drug-likeness (QED) is 0.572. The lowest BCUT2D eigenvalue weighted by molar-refractivity contribution is -0.121. The summed E-state index contributed by atoms with van der Waals surface area (Å²) in [5, 5.41) is 10.3. The summed E-state index contributed by atoms with van der Waals surface area (Å²) < 4.78 is 0. The molecular weight excluding hydrogens is 400 g/mol. The van der Waals surface area contributed by atoms with Crippen molar-refractivity contribution in [1.82, 2.24) is 15.6 Å². The number of nitrogens with one attached hydrogen (secondary N) is 2. The number of hydrogen-bond donors (Lipinski definition) is 2. The van der Waals surface area contributed by atoms with Crippen LogP contribution in [0.15, 0.2) is 47.8 Å². The van der Waals surface area contributed by atoms with Crippen LogP contribution in [0.2, 0.25) is 0 Å². The lowest BCUT2D eigenvalue weighted by Gasteiger charge is -2.15. The smallest absolute Gasteiger partial charge is 0.329 e. The van der Waals surface area contributed by atoms with Gasteiger partial charge in [-0.2, -0.15) is 0 Å². The molecule has 154 valence electrons. The molecule has 7 nitrogen and oxygen atoms in total. The third-order valence-corrected chi connectivity index (χ3v) is 6.04. The SMILES string of the molecule is Cc1csc(CCNC(=O)CC[C@@H]2NC(=O)N(c3cccc4ccccc34)C2=O)n1. The van der Waals surface area contributed by atoms with Crippen LogP contribution in [-0.4, -0.2) is 35.4 Å². The molecule has 30 heavy (non-hydrogen) atoms. The average molecular weight is 423 g/mol. The van der Waals surface area contributed by atoms with E-state index in [1.54, 1.807) is 17.4 Å². The van der Waals surface area contributed by atoms with E-state index in [2.05, 4.69) is 15.6 Å². The Morgan fingerprint density at radius 1 is 1.20 bits per heavy atom. The molecule has 1 fully saturated rings. The number of rotatable bonds is 7. The summed E-state index contributed by atoms with van der Waals surface area (Å²) in [7, 11) is 0. The van der Waals surface area contributed by atoms with Gasteiger partial charge in [-0.05, 0) is 24.8 Å². The van der Waals surface area contributed by atoms with Gasteiger partial charge in [-0.15, -0.1) is 11.3 Å². The van der Waals surface area contributed by atoms with E-state index in [1.165, 1.54) is 4.90 Å². The fourth-order valence-corrected chi connectivity index (χ4v) is 4.32. The summed E-state index contributed by atoms with van der Waals surface area (Å²) >= 11 is 1.57. The Morgan fingerprint density at radius 2 is 2.00 bits per heavy atom. The second-order valence-corrected chi connectivity index (χ2v) is 8.14. The third-order valence-electron chi connectivity index (χ3n) is 5.01. The number of fused-ring (bicyclic) bond motifs is 1. The highest BCUT2D eigenvalue weighted by atomic mass is 32.1. The van der Waals surface area contributed by atoms with E-state index >= 15 is 0 Å². The number of carbonyl (C=O) groups excluding carboxylic acids is 3. The van der Waals surface area contributed by atoms with Crippen molar-refractivity contribution in [3.63, 3.8) is 0 Å². The molecule has 0 spiro atoms. The minimum Gasteiger partial charge on any atom is -0.356 e. The fraction of sp³-hybridized carbons (Fsp3) is 0.273. The Hall–Kier alpha value is -3.26. The highest BCUT2D eigenvalue weighted by Gasteiger charge is 2.39. The third kappa shape index (κ3) is 4.18. The molecule has 1 aliphatic heterocycles. The van der Waals surface area contributed by atoms with Crippen molar-refractivity contribution >= 4 is 45.6 Å². The number of benzene rings is 2. The zero-order valence-corrected chi connectivity index (χ0v) is 17.4. The monoisotopic (exact) mass is 422 g/mol. The molecule has 0 aliphatic carbocycles. The van der Waals surface area contributed by atoms with E-state index in [9.17, 15) is 14.4 Å². The van der Waals surface area contributed by atoms with Crippen LogP contribution in [0.25, 0.3) is 10.8 Å². The summed E-state index contributed by atoms with van der Waals surface area (Å²) in [5.41, 5.74) is 1.54. The van der Waals surface area contributed by atoms with Crippen molar-refractivity contribution in [2.45, 2.75) is 32.2 Å². The van der Waals surface area contributed by atoms with Crippen LogP contribution >= 0.6 is 11.3 Å². The van der Waals surface area contributed by atoms with Crippen molar-refractivity contribution in [1.29, 1.82) is 0 Å². The molecule has 0 unspecified atom stereocenters. The predicted molar refractivity (Wildman–Crippen MR) is 117 cm³/mol. The first kappa shape index (κ1) is 20.0. The summed E-state index contributed by atoms with van der Waals surface area (Å²) in [6.07, 6.45) is 1.10. The average Bonchev–Trinajstić information content (AvgIpc) is 3.28. The van der Waals surface area contributed by atoms with Gasteiger partial charge in [-0.1, -0.05) is 36.4 Å². The Morgan fingerprint density at radius 3 is 2.80 bits per heavy atom. The molecule has 1 aromatic heterocycles. The highest BCUT2D eigenvalue weighted by molar-refractivity contribution is 7.09. The molecule has 4 amide bonds. The number of hydrogen-bond acceptors (Lipinski definition) is 5. The van der Waals surface area contributed by atoms with E-state index in [1.807, 2.05) is 48.7 Å². The van der Waals surface area contributed by atoms with Gasteiger partial charge in [0.25, 0.3) is 5.91 Å². The molecule has 2 aromatic carbocycles. The van der Waals surface area contributed by atoms with E-state index in [0.29, 0.717) is 18.7 Å². The van der Waals surface area contributed by atoms with Gasteiger partial charge in [0.15, 0.2) is 0 Å². The molecule has 3 aromatic rings. The molecule has 0 radical (unpaired) electrons. The van der Waals surface area contributed by atoms with E-state index in [-0.39, 0.29) is 24.7 Å². The maximum Gasteiger partial charge on any atom is 0.329 e. The minimum absolute atomic E-state index is 0.145. The van der Waals surface area contributed by atoms with E-state index < -0.39 is 12.1 Å². The molecule has 1 atom stereocenters. The Bertz CT molecular complexity index is 1110. The number of aromatic nitrogens is 1. The van der Waals surface area contributed by atoms with Gasteiger partial charge in [-0.3, -0.25) is 9.59 Å². The Labute approximate surface area is 178 Å². The highest BCUT2D eigenvalue weighted by Crippen LogP contribution is 2.29. The number of aryl methyl sites for hydroxylation is 1. The second-order valence-electron chi connectivity index (χ2n) is 7.20. The lowest BCUT2D eigenvalue weighted by Crippen LogP contribution is -2.33. The number of amides is 4. The van der Waals surface area contributed by atoms with Gasteiger partial charge in [0.1, 0.15) is 6.04 Å². The van der Waals surface area contributed by atoms with Crippen molar-refractivity contribution in [2.75, 3.05) is 11.4 Å². The fourth-order valence-electron chi connectivity index (χ4n) is 3.55. The van der Waals surface area contributed by atoms with Gasteiger partial charge in [0.2, 0.25) is 5.91 Å². The van der Waals surface area contributed by atoms with Crippen molar-refractivity contribution < 1.29 is 14.4 Å². The topological polar surface area (TPSA) is 91.4 Å². The van der Waals surface area contributed by atoms with Gasteiger partial charge in [-0.25, -0.2) is 14.7 Å². The Kier molecular flexibility index (Phi) is 5.76. The largest absolute Gasteiger partial charge is 0.356 e. The van der Waals surface area contributed by atoms with Crippen molar-refractivity contribution in [3.05, 3.63) is 58.5 Å². The molecule has 1 saturated heterocycles. The maximum atomic E-state index is 12.9. The summed E-state index contributed by atoms with van der Waals surface area (Å²) in [6, 6.07) is 12.0. The predicted octanol–water partition coefficient (Wildman–Crippen LogP) is 3.17. The molecule has 8 heteroatoms. The van der Waals surface area contributed by atoms with Crippen LogP contribution in [0.1, 0.15) is 23.5 Å². The van der Waals surface area contributed by atoms with Crippen LogP contribution in [0.3, 0.4) is 0 Å². The van der Waals surface area contributed by atoms with E-state index in [0.717, 1.165) is 21.5 Å². The van der Waals surface area contributed by atoms with Crippen LogP contribution in [0.5, 0.6) is 0 Å². The number of nitrogens with zero attached hydrogens (tertiary/aromatic N) is 2. The van der Waals surface area contributed by atoms with Crippen LogP contribution in [-0.2, 0) is 16.0 Å². The summed E-state index contributed by atoms with van der Waals surface area (Å²) in [6.45, 7) is 2.44. The van der Waals surface area contributed by atoms with Crippen LogP contribution < -0.4 is 15.5 Å². The standard InChI is InChI=1S/C22H22N4O3S/c1-14-13-30-20(24-14)11-12-23-19(27)10-9-17-21(28)26(22(29)25-17)18-8-4-6-15-5-2-3-7-16(15)18/h2-8,13,17H,9-12H2,1H3,(H,23,27)(H,25,29)/t17-/m0/s1. The number of urea groups is 1. The first-order valence-corrected chi connectivity index (χ1v) is 10.7. The van der Waals surface area contributed by atoms with Gasteiger partial charge in [0.05, 0.1) is 10.7 Å². The number of imide groups is 1. The lowest BCUT2D eigenvalue weighted by atomic mass is 10.1. The summed E-state index contributed by atoms with van der Waals surface area (Å²) in [4.78, 5) is 43.1. The van der Waals surface area contributed by atoms with Gasteiger partial charge >= 0.3 is 6.03 Å². The first-order valence-electron chi connectivity index (χ1n) is 9.83. The van der Waals surface area contributed by atoms with Crippen molar-refractivity contribution in [2.24, 2.45) is 0 Å². The Balaban J connectivity index is 1.34. The van der Waals surface area contributed by atoms with Crippen molar-refractivity contribution in [3.8, 4) is 0 Å². The molecular formula is C22H22N4O3S. The second kappa shape index (κ2) is 8.62. The van der Waals surface area contributed by atoms with Crippen LogP contribution in [0.4, 0.5) is 10.5 Å². The molecule has 0 bridgehead atoms. The number of anilines is 1. The molecule has 2 N–H and O–H groups in total. The first-order chi connectivity index (χ1) is 14.5. The number of thiazole rings is 1. The van der Waals surface area contributed by atoms with E-state index in [4.69, 9.17) is 0 Å². The molecule has 1 aliphatic rings. The molecule has 4 rings (SSSR count). The molecule has 0 saturated carbocycles. The normalized spacial score (nSPS) is 16.2. The van der Waals surface area contributed by atoms with Gasteiger partial charge < -0.3 is 10.6 Å². The zero-order chi connectivity index (χ0) is 21.1. The maximum absolute atomic E-state index is 12.9. The summed E-state index contributed by atoms with van der Waals surface area (Å²) in [5.74, 6) is -0.476.